The number of hydrogen-bond acceptors (Lipinski definition) is 2. The molecule has 3 rings (SSSR count). The van der Waals surface area contributed by atoms with E-state index >= 15 is 0 Å². The SMILES string of the molecule is CCCCCC1CCC(/C=C/CCc2ccc(C(=O)Oc3ccc(CCC)cc3)cc2)CC1. The first kappa shape index (κ1) is 25.3. The van der Waals surface area contributed by atoms with Crippen LogP contribution in [0.2, 0.25) is 0 Å². The molecule has 0 amide bonds. The van der Waals surface area contributed by atoms with Gasteiger partial charge in [-0.2, -0.15) is 0 Å². The van der Waals surface area contributed by atoms with E-state index in [2.05, 4.69) is 38.1 Å². The summed E-state index contributed by atoms with van der Waals surface area (Å²) in [5.41, 5.74) is 3.13. The maximum absolute atomic E-state index is 12.4. The van der Waals surface area contributed by atoms with Gasteiger partial charge >= 0.3 is 5.97 Å². The fourth-order valence-corrected chi connectivity index (χ4v) is 4.88. The lowest BCUT2D eigenvalue weighted by Crippen LogP contribution is -2.13. The molecule has 2 heteroatoms. The van der Waals surface area contributed by atoms with Crippen LogP contribution in [0.25, 0.3) is 0 Å². The Balaban J connectivity index is 1.37. The molecule has 0 spiro atoms. The number of unbranched alkanes of at least 4 members (excludes halogenated alkanes) is 2. The average molecular weight is 447 g/mol. The van der Waals surface area contributed by atoms with Gasteiger partial charge in [-0.05, 0) is 92.2 Å². The molecule has 2 aromatic rings. The van der Waals surface area contributed by atoms with Gasteiger partial charge in [-0.3, -0.25) is 0 Å². The third-order valence-electron chi connectivity index (χ3n) is 6.98. The second-order valence-electron chi connectivity index (χ2n) is 9.72. The zero-order valence-electron chi connectivity index (χ0n) is 20.7. The smallest absolute Gasteiger partial charge is 0.343 e. The van der Waals surface area contributed by atoms with Crippen molar-refractivity contribution in [1.82, 2.24) is 0 Å². The van der Waals surface area contributed by atoms with Crippen LogP contribution in [0.15, 0.2) is 60.7 Å². The molecule has 1 fully saturated rings. The maximum atomic E-state index is 12.4. The van der Waals surface area contributed by atoms with Crippen LogP contribution in [0.5, 0.6) is 5.75 Å². The molecule has 0 radical (unpaired) electrons. The molecule has 2 aromatic carbocycles. The maximum Gasteiger partial charge on any atom is 0.343 e. The minimum absolute atomic E-state index is 0.296. The summed E-state index contributed by atoms with van der Waals surface area (Å²) in [6.45, 7) is 4.45. The normalized spacial score (nSPS) is 18.5. The average Bonchev–Trinajstić information content (AvgIpc) is 2.85. The minimum Gasteiger partial charge on any atom is -0.423 e. The van der Waals surface area contributed by atoms with Crippen LogP contribution in [0.4, 0.5) is 0 Å². The van der Waals surface area contributed by atoms with Gasteiger partial charge in [0.2, 0.25) is 0 Å². The van der Waals surface area contributed by atoms with E-state index in [1.807, 2.05) is 36.4 Å². The summed E-state index contributed by atoms with van der Waals surface area (Å²) in [7, 11) is 0. The molecule has 0 heterocycles. The molecule has 1 saturated carbocycles. The molecule has 0 unspecified atom stereocenters. The highest BCUT2D eigenvalue weighted by Gasteiger charge is 2.18. The standard InChI is InChI=1S/C31H42O2/c1-3-5-6-10-26-13-15-27(16-14-26)11-7-8-12-28-17-21-29(22-18-28)31(32)33-30-23-19-25(9-4-2)20-24-30/h7,11,17-24,26-27H,3-6,8-10,12-16H2,1-2H3/b11-7+. The van der Waals surface area contributed by atoms with Gasteiger partial charge in [0.15, 0.2) is 0 Å². The summed E-state index contributed by atoms with van der Waals surface area (Å²) in [6.07, 6.45) is 20.2. The van der Waals surface area contributed by atoms with Gasteiger partial charge in [-0.25, -0.2) is 4.79 Å². The van der Waals surface area contributed by atoms with E-state index in [-0.39, 0.29) is 5.97 Å². The number of benzene rings is 2. The molecular formula is C31H42O2. The van der Waals surface area contributed by atoms with Crippen LogP contribution < -0.4 is 4.74 Å². The van der Waals surface area contributed by atoms with Crippen LogP contribution >= 0.6 is 0 Å². The van der Waals surface area contributed by atoms with E-state index in [1.165, 1.54) is 62.5 Å². The molecule has 33 heavy (non-hydrogen) atoms. The Morgan fingerprint density at radius 2 is 1.52 bits per heavy atom. The Bertz CT molecular complexity index is 839. The van der Waals surface area contributed by atoms with Gasteiger partial charge in [-0.1, -0.05) is 82.4 Å². The predicted molar refractivity (Wildman–Crippen MR) is 139 cm³/mol. The lowest BCUT2D eigenvalue weighted by molar-refractivity contribution is 0.0734. The predicted octanol–water partition coefficient (Wildman–Crippen LogP) is 8.73. The van der Waals surface area contributed by atoms with E-state index in [0.717, 1.165) is 37.5 Å². The van der Waals surface area contributed by atoms with Crippen molar-refractivity contribution in [3.8, 4) is 5.75 Å². The van der Waals surface area contributed by atoms with E-state index < -0.39 is 0 Å². The second-order valence-corrected chi connectivity index (χ2v) is 9.72. The molecular weight excluding hydrogens is 404 g/mol. The first-order valence-electron chi connectivity index (χ1n) is 13.2. The van der Waals surface area contributed by atoms with Crippen molar-refractivity contribution >= 4 is 5.97 Å². The Kier molecular flexibility index (Phi) is 10.7. The van der Waals surface area contributed by atoms with E-state index in [0.29, 0.717) is 11.3 Å². The van der Waals surface area contributed by atoms with Gasteiger partial charge in [0.1, 0.15) is 5.75 Å². The number of carbonyl (C=O) groups excluding carboxylic acids is 1. The largest absolute Gasteiger partial charge is 0.423 e. The molecule has 0 aromatic heterocycles. The first-order valence-corrected chi connectivity index (χ1v) is 13.2. The number of ether oxygens (including phenoxy) is 1. The van der Waals surface area contributed by atoms with Crippen molar-refractivity contribution in [3.63, 3.8) is 0 Å². The zero-order chi connectivity index (χ0) is 23.3. The molecule has 1 aliphatic rings. The number of rotatable bonds is 12. The highest BCUT2D eigenvalue weighted by molar-refractivity contribution is 5.91. The quantitative estimate of drug-likeness (QED) is 0.141. The highest BCUT2D eigenvalue weighted by Crippen LogP contribution is 2.32. The summed E-state index contributed by atoms with van der Waals surface area (Å²) in [6, 6.07) is 15.7. The van der Waals surface area contributed by atoms with E-state index in [4.69, 9.17) is 4.74 Å². The van der Waals surface area contributed by atoms with Crippen molar-refractivity contribution in [2.24, 2.45) is 11.8 Å². The molecule has 0 aliphatic heterocycles. The van der Waals surface area contributed by atoms with Gasteiger partial charge in [0, 0.05) is 0 Å². The fraction of sp³-hybridized carbons (Fsp3) is 0.516. The molecule has 0 N–H and O–H groups in total. The second kappa shape index (κ2) is 14.0. The topological polar surface area (TPSA) is 26.3 Å². The lowest BCUT2D eigenvalue weighted by Gasteiger charge is -2.26. The third kappa shape index (κ3) is 8.84. The summed E-state index contributed by atoms with van der Waals surface area (Å²) in [5.74, 6) is 2.06. The number of carbonyl (C=O) groups is 1. The first-order chi connectivity index (χ1) is 16.2. The van der Waals surface area contributed by atoms with Crippen molar-refractivity contribution in [2.75, 3.05) is 0 Å². The molecule has 1 aliphatic carbocycles. The monoisotopic (exact) mass is 446 g/mol. The van der Waals surface area contributed by atoms with Gasteiger partial charge in [-0.15, -0.1) is 0 Å². The Hall–Kier alpha value is -2.35. The van der Waals surface area contributed by atoms with Crippen LogP contribution in [0.1, 0.15) is 99.5 Å². The Morgan fingerprint density at radius 3 is 2.18 bits per heavy atom. The number of hydrogen-bond donors (Lipinski definition) is 0. The van der Waals surface area contributed by atoms with Gasteiger partial charge in [0.05, 0.1) is 5.56 Å². The summed E-state index contributed by atoms with van der Waals surface area (Å²) >= 11 is 0. The zero-order valence-corrected chi connectivity index (χ0v) is 20.7. The van der Waals surface area contributed by atoms with Crippen LogP contribution in [-0.2, 0) is 12.8 Å². The van der Waals surface area contributed by atoms with Crippen LogP contribution in [0, 0.1) is 11.8 Å². The summed E-state index contributed by atoms with van der Waals surface area (Å²) < 4.78 is 5.52. The highest BCUT2D eigenvalue weighted by atomic mass is 16.5. The number of aryl methyl sites for hydroxylation is 2. The van der Waals surface area contributed by atoms with Crippen molar-refractivity contribution < 1.29 is 9.53 Å². The van der Waals surface area contributed by atoms with Gasteiger partial charge < -0.3 is 4.74 Å². The van der Waals surface area contributed by atoms with Crippen molar-refractivity contribution in [3.05, 3.63) is 77.4 Å². The Morgan fingerprint density at radius 1 is 0.848 bits per heavy atom. The van der Waals surface area contributed by atoms with Crippen molar-refractivity contribution in [2.45, 2.75) is 90.9 Å². The Labute approximate surface area is 201 Å². The van der Waals surface area contributed by atoms with Crippen LogP contribution in [-0.4, -0.2) is 5.97 Å². The van der Waals surface area contributed by atoms with Gasteiger partial charge in [0.25, 0.3) is 0 Å². The minimum atomic E-state index is -0.296. The summed E-state index contributed by atoms with van der Waals surface area (Å²) in [5, 5.41) is 0. The summed E-state index contributed by atoms with van der Waals surface area (Å²) in [4.78, 5) is 12.4. The molecule has 0 atom stereocenters. The molecule has 2 nitrogen and oxygen atoms in total. The number of allylic oxidation sites excluding steroid dienone is 2. The lowest BCUT2D eigenvalue weighted by atomic mass is 9.79. The van der Waals surface area contributed by atoms with Crippen LogP contribution in [0.3, 0.4) is 0 Å². The number of esters is 1. The molecule has 0 bridgehead atoms. The van der Waals surface area contributed by atoms with Crippen molar-refractivity contribution in [1.29, 1.82) is 0 Å². The van der Waals surface area contributed by atoms with E-state index in [1.54, 1.807) is 0 Å². The van der Waals surface area contributed by atoms with E-state index in [9.17, 15) is 4.79 Å². The molecule has 0 saturated heterocycles. The third-order valence-corrected chi connectivity index (χ3v) is 6.98. The molecule has 178 valence electrons. The fourth-order valence-electron chi connectivity index (χ4n) is 4.88.